The highest BCUT2D eigenvalue weighted by molar-refractivity contribution is 14.1. The standard InChI is InChI=1S/C17H13FINO/c1-2-21-17-8-7-12(10-16(17)19)9-13(11-20)14-5-3-4-6-15(14)18/h3-10H,2H2,1H3/b13-9-. The molecule has 21 heavy (non-hydrogen) atoms. The number of nitrogens with zero attached hydrogens (tertiary/aromatic N) is 1. The van der Waals surface area contributed by atoms with Crippen LogP contribution in [0.1, 0.15) is 18.1 Å². The molecule has 2 aromatic carbocycles. The molecule has 0 aliphatic heterocycles. The van der Waals surface area contributed by atoms with Crippen LogP contribution in [0, 0.1) is 20.7 Å². The molecule has 0 radical (unpaired) electrons. The van der Waals surface area contributed by atoms with E-state index in [4.69, 9.17) is 4.74 Å². The van der Waals surface area contributed by atoms with E-state index < -0.39 is 5.82 Å². The van der Waals surface area contributed by atoms with Gasteiger partial charge in [0.2, 0.25) is 0 Å². The molecule has 0 fully saturated rings. The summed E-state index contributed by atoms with van der Waals surface area (Å²) in [7, 11) is 0. The monoisotopic (exact) mass is 393 g/mol. The third-order valence-corrected chi connectivity index (χ3v) is 3.69. The van der Waals surface area contributed by atoms with Crippen LogP contribution in [0.3, 0.4) is 0 Å². The van der Waals surface area contributed by atoms with E-state index in [-0.39, 0.29) is 0 Å². The van der Waals surface area contributed by atoms with Crippen LogP contribution in [-0.2, 0) is 0 Å². The second kappa shape index (κ2) is 7.23. The van der Waals surface area contributed by atoms with E-state index in [0.717, 1.165) is 14.9 Å². The molecule has 0 N–H and O–H groups in total. The Bertz CT molecular complexity index is 719. The van der Waals surface area contributed by atoms with Crippen molar-refractivity contribution < 1.29 is 9.13 Å². The highest BCUT2D eigenvalue weighted by Gasteiger charge is 2.07. The summed E-state index contributed by atoms with van der Waals surface area (Å²) in [4.78, 5) is 0. The van der Waals surface area contributed by atoms with E-state index in [9.17, 15) is 9.65 Å². The van der Waals surface area contributed by atoms with Crippen LogP contribution in [0.2, 0.25) is 0 Å². The van der Waals surface area contributed by atoms with Crippen LogP contribution in [0.5, 0.6) is 5.75 Å². The number of halogens is 2. The number of nitriles is 1. The maximum Gasteiger partial charge on any atom is 0.132 e. The van der Waals surface area contributed by atoms with Crippen LogP contribution in [0.15, 0.2) is 42.5 Å². The number of hydrogen-bond donors (Lipinski definition) is 0. The third-order valence-electron chi connectivity index (χ3n) is 2.85. The van der Waals surface area contributed by atoms with Gasteiger partial charge in [0.25, 0.3) is 0 Å². The number of allylic oxidation sites excluding steroid dienone is 1. The number of benzene rings is 2. The Morgan fingerprint density at radius 2 is 2.10 bits per heavy atom. The first-order chi connectivity index (χ1) is 10.2. The summed E-state index contributed by atoms with van der Waals surface area (Å²) in [5, 5.41) is 9.26. The van der Waals surface area contributed by atoms with E-state index in [1.165, 1.54) is 6.07 Å². The Balaban J connectivity index is 2.40. The summed E-state index contributed by atoms with van der Waals surface area (Å²) >= 11 is 2.18. The molecule has 2 nitrogen and oxygen atoms in total. The van der Waals surface area contributed by atoms with Crippen LogP contribution in [-0.4, -0.2) is 6.61 Å². The first-order valence-electron chi connectivity index (χ1n) is 6.44. The van der Waals surface area contributed by atoms with Crippen molar-refractivity contribution in [3.8, 4) is 11.8 Å². The molecule has 2 rings (SSSR count). The summed E-state index contributed by atoms with van der Waals surface area (Å²) in [6.45, 7) is 2.53. The van der Waals surface area contributed by atoms with Crippen molar-refractivity contribution in [3.05, 3.63) is 63.0 Å². The third kappa shape index (κ3) is 3.82. The SMILES string of the molecule is CCOc1ccc(/C=C(/C#N)c2ccccc2F)cc1I. The lowest BCUT2D eigenvalue weighted by Crippen LogP contribution is -1.94. The van der Waals surface area contributed by atoms with E-state index >= 15 is 0 Å². The van der Waals surface area contributed by atoms with Crippen LogP contribution >= 0.6 is 22.6 Å². The van der Waals surface area contributed by atoms with Crippen molar-refractivity contribution in [2.24, 2.45) is 0 Å². The molecule has 0 bridgehead atoms. The predicted molar refractivity (Wildman–Crippen MR) is 90.2 cm³/mol. The first kappa shape index (κ1) is 15.5. The van der Waals surface area contributed by atoms with Crippen molar-refractivity contribution in [2.75, 3.05) is 6.61 Å². The molecule has 0 amide bonds. The Labute approximate surface area is 137 Å². The van der Waals surface area contributed by atoms with E-state index in [1.54, 1.807) is 24.3 Å². The molecule has 4 heteroatoms. The topological polar surface area (TPSA) is 33.0 Å². The van der Waals surface area contributed by atoms with E-state index in [1.807, 2.05) is 25.1 Å². The lowest BCUT2D eigenvalue weighted by atomic mass is 10.0. The largest absolute Gasteiger partial charge is 0.493 e. The Hall–Kier alpha value is -1.87. The van der Waals surface area contributed by atoms with Crippen molar-refractivity contribution in [2.45, 2.75) is 6.92 Å². The molecular formula is C17H13FINO. The van der Waals surface area contributed by atoms with Gasteiger partial charge in [0.05, 0.1) is 21.8 Å². The molecule has 0 spiro atoms. The molecule has 106 valence electrons. The van der Waals surface area contributed by atoms with Crippen molar-refractivity contribution in [1.82, 2.24) is 0 Å². The van der Waals surface area contributed by atoms with E-state index in [0.29, 0.717) is 17.7 Å². The lowest BCUT2D eigenvalue weighted by molar-refractivity contribution is 0.338. The zero-order valence-corrected chi connectivity index (χ0v) is 13.6. The van der Waals surface area contributed by atoms with Gasteiger partial charge in [0.15, 0.2) is 0 Å². The van der Waals surface area contributed by atoms with Crippen LogP contribution in [0.25, 0.3) is 11.6 Å². The van der Waals surface area contributed by atoms with Gasteiger partial charge in [-0.25, -0.2) is 4.39 Å². The normalized spacial score (nSPS) is 11.0. The summed E-state index contributed by atoms with van der Waals surface area (Å²) in [6.07, 6.45) is 1.68. The quantitative estimate of drug-likeness (QED) is 0.421. The molecular weight excluding hydrogens is 380 g/mol. The maximum atomic E-state index is 13.8. The molecule has 0 saturated heterocycles. The minimum Gasteiger partial charge on any atom is -0.493 e. The molecule has 0 unspecified atom stereocenters. The zero-order chi connectivity index (χ0) is 15.2. The van der Waals surface area contributed by atoms with Gasteiger partial charge in [-0.3, -0.25) is 0 Å². The van der Waals surface area contributed by atoms with Crippen LogP contribution in [0.4, 0.5) is 4.39 Å². The second-order valence-corrected chi connectivity index (χ2v) is 5.43. The Kier molecular flexibility index (Phi) is 5.34. The fourth-order valence-electron chi connectivity index (χ4n) is 1.90. The summed E-state index contributed by atoms with van der Waals surface area (Å²) in [6, 6.07) is 13.9. The molecule has 0 heterocycles. The molecule has 0 aromatic heterocycles. The first-order valence-corrected chi connectivity index (χ1v) is 7.52. The summed E-state index contributed by atoms with van der Waals surface area (Å²) in [5.41, 5.74) is 1.44. The van der Waals surface area contributed by atoms with Gasteiger partial charge in [-0.15, -0.1) is 0 Å². The van der Waals surface area contributed by atoms with Crippen LogP contribution < -0.4 is 4.74 Å². The van der Waals surface area contributed by atoms with Gasteiger partial charge in [0, 0.05) is 5.56 Å². The fourth-order valence-corrected chi connectivity index (χ4v) is 2.59. The van der Waals surface area contributed by atoms with Crippen molar-refractivity contribution in [3.63, 3.8) is 0 Å². The van der Waals surface area contributed by atoms with Gasteiger partial charge >= 0.3 is 0 Å². The van der Waals surface area contributed by atoms with E-state index in [2.05, 4.69) is 28.7 Å². The zero-order valence-electron chi connectivity index (χ0n) is 11.4. The number of rotatable bonds is 4. The minimum absolute atomic E-state index is 0.299. The van der Waals surface area contributed by atoms with Gasteiger partial charge in [-0.05, 0) is 59.4 Å². The Morgan fingerprint density at radius 3 is 2.71 bits per heavy atom. The molecule has 2 aromatic rings. The molecule has 0 atom stereocenters. The second-order valence-electron chi connectivity index (χ2n) is 4.27. The fraction of sp³-hybridized carbons (Fsp3) is 0.118. The smallest absolute Gasteiger partial charge is 0.132 e. The average molecular weight is 393 g/mol. The number of ether oxygens (including phenoxy) is 1. The highest BCUT2D eigenvalue weighted by Crippen LogP contribution is 2.25. The van der Waals surface area contributed by atoms with Gasteiger partial charge in [-0.1, -0.05) is 24.3 Å². The summed E-state index contributed by atoms with van der Waals surface area (Å²) in [5.74, 6) is 0.408. The minimum atomic E-state index is -0.397. The maximum absolute atomic E-state index is 13.8. The van der Waals surface area contributed by atoms with Crippen molar-refractivity contribution in [1.29, 1.82) is 5.26 Å². The molecule has 0 aliphatic carbocycles. The number of hydrogen-bond acceptors (Lipinski definition) is 2. The van der Waals surface area contributed by atoms with Crippen molar-refractivity contribution >= 4 is 34.2 Å². The van der Waals surface area contributed by atoms with Gasteiger partial charge in [0.1, 0.15) is 11.6 Å². The molecule has 0 aliphatic rings. The predicted octanol–water partition coefficient (Wildman–Crippen LogP) is 4.89. The Morgan fingerprint density at radius 1 is 1.33 bits per heavy atom. The van der Waals surface area contributed by atoms with Gasteiger partial charge < -0.3 is 4.74 Å². The summed E-state index contributed by atoms with van der Waals surface area (Å²) < 4.78 is 20.2. The lowest BCUT2D eigenvalue weighted by Gasteiger charge is -2.07. The molecule has 0 saturated carbocycles. The highest BCUT2D eigenvalue weighted by atomic mass is 127. The average Bonchev–Trinajstić information content (AvgIpc) is 2.48. The van der Waals surface area contributed by atoms with Gasteiger partial charge in [-0.2, -0.15) is 5.26 Å².